The smallest absolute Gasteiger partial charge is 0.257 e. The number of benzene rings is 1. The summed E-state index contributed by atoms with van der Waals surface area (Å²) in [5.74, 6) is -2.34. The van der Waals surface area contributed by atoms with Crippen LogP contribution in [0.15, 0.2) is 18.2 Å². The highest BCUT2D eigenvalue weighted by atomic mass is 19.1. The van der Waals surface area contributed by atoms with Crippen LogP contribution in [0.4, 0.5) is 20.2 Å². The van der Waals surface area contributed by atoms with Gasteiger partial charge in [0, 0.05) is 6.07 Å². The average molecular weight is 278 g/mol. The highest BCUT2D eigenvalue weighted by molar-refractivity contribution is 6.05. The van der Waals surface area contributed by atoms with Gasteiger partial charge in [-0.25, -0.2) is 8.78 Å². The average Bonchev–Trinajstić information content (AvgIpc) is 2.38. The first-order valence-electron chi connectivity index (χ1n) is 5.75. The van der Waals surface area contributed by atoms with Gasteiger partial charge >= 0.3 is 0 Å². The number of nitrogens with two attached hydrogens (primary N) is 1. The van der Waals surface area contributed by atoms with Crippen LogP contribution in [0.25, 0.3) is 0 Å². The van der Waals surface area contributed by atoms with E-state index >= 15 is 0 Å². The molecule has 0 aliphatic heterocycles. The van der Waals surface area contributed by atoms with Gasteiger partial charge in [-0.1, -0.05) is 0 Å². The highest BCUT2D eigenvalue weighted by Gasteiger charge is 2.15. The summed E-state index contributed by atoms with van der Waals surface area (Å²) in [6.45, 7) is 3.29. The molecule has 0 saturated carbocycles. The molecule has 0 bridgehead atoms. The van der Waals surface area contributed by atoms with E-state index < -0.39 is 17.5 Å². The molecule has 1 heterocycles. The Labute approximate surface area is 113 Å². The molecule has 0 saturated heterocycles. The minimum Gasteiger partial charge on any atom is -0.396 e. The number of carbonyl (C=O) groups is 1. The number of nitrogens with zero attached hydrogens (tertiary/aromatic N) is 2. The normalized spacial score (nSPS) is 10.4. The maximum Gasteiger partial charge on any atom is 0.257 e. The Morgan fingerprint density at radius 2 is 1.85 bits per heavy atom. The lowest BCUT2D eigenvalue weighted by Gasteiger charge is -2.09. The number of halogens is 2. The summed E-state index contributed by atoms with van der Waals surface area (Å²) in [6, 6.07) is 3.18. The summed E-state index contributed by atoms with van der Waals surface area (Å²) < 4.78 is 26.6. The summed E-state index contributed by atoms with van der Waals surface area (Å²) in [5.41, 5.74) is 6.13. The second kappa shape index (κ2) is 5.20. The van der Waals surface area contributed by atoms with Crippen molar-refractivity contribution in [2.24, 2.45) is 0 Å². The molecule has 3 N–H and O–H groups in total. The number of amides is 1. The van der Waals surface area contributed by atoms with Gasteiger partial charge in [0.1, 0.15) is 11.6 Å². The van der Waals surface area contributed by atoms with Crippen molar-refractivity contribution in [3.8, 4) is 0 Å². The molecule has 0 fully saturated rings. The van der Waals surface area contributed by atoms with Crippen LogP contribution in [0, 0.1) is 25.5 Å². The van der Waals surface area contributed by atoms with E-state index in [1.165, 1.54) is 6.07 Å². The van der Waals surface area contributed by atoms with Gasteiger partial charge in [0.2, 0.25) is 0 Å². The molecule has 0 aliphatic rings. The highest BCUT2D eigenvalue weighted by Crippen LogP contribution is 2.22. The van der Waals surface area contributed by atoms with E-state index in [1.54, 1.807) is 13.8 Å². The molecule has 1 aromatic carbocycles. The Morgan fingerprint density at radius 1 is 1.15 bits per heavy atom. The van der Waals surface area contributed by atoms with Crippen LogP contribution in [0.3, 0.4) is 0 Å². The molecule has 1 aromatic heterocycles. The topological polar surface area (TPSA) is 80.9 Å². The lowest BCUT2D eigenvalue weighted by molar-refractivity contribution is 0.102. The first-order valence-corrected chi connectivity index (χ1v) is 5.75. The van der Waals surface area contributed by atoms with Gasteiger partial charge in [-0.3, -0.25) is 4.79 Å². The van der Waals surface area contributed by atoms with Crippen LogP contribution in [0.1, 0.15) is 21.7 Å². The molecule has 2 rings (SSSR count). The number of aryl methyl sites for hydroxylation is 2. The van der Waals surface area contributed by atoms with Crippen molar-refractivity contribution in [1.82, 2.24) is 10.2 Å². The fourth-order valence-electron chi connectivity index (χ4n) is 1.63. The SMILES string of the molecule is Cc1cc(C(=O)Nc2cc(N)c(F)cc2F)c(C)nn1. The number of hydrogen-bond donors (Lipinski definition) is 2. The van der Waals surface area contributed by atoms with Gasteiger partial charge < -0.3 is 11.1 Å². The minimum atomic E-state index is -0.901. The van der Waals surface area contributed by atoms with Gasteiger partial charge in [-0.15, -0.1) is 0 Å². The van der Waals surface area contributed by atoms with Crippen molar-refractivity contribution in [2.75, 3.05) is 11.1 Å². The van der Waals surface area contributed by atoms with Crippen LogP contribution in [-0.4, -0.2) is 16.1 Å². The Morgan fingerprint density at radius 3 is 2.55 bits per heavy atom. The number of hydrogen-bond acceptors (Lipinski definition) is 4. The van der Waals surface area contributed by atoms with Crippen LogP contribution in [0.2, 0.25) is 0 Å². The van der Waals surface area contributed by atoms with Gasteiger partial charge in [0.05, 0.1) is 28.3 Å². The molecule has 0 radical (unpaired) electrons. The van der Waals surface area contributed by atoms with E-state index in [1.807, 2.05) is 0 Å². The molecular weight excluding hydrogens is 266 g/mol. The Bertz CT molecular complexity index is 688. The molecule has 0 aliphatic carbocycles. The van der Waals surface area contributed by atoms with Gasteiger partial charge in [0.25, 0.3) is 5.91 Å². The zero-order chi connectivity index (χ0) is 14.9. The third-order valence-corrected chi connectivity index (χ3v) is 2.68. The maximum atomic E-state index is 13.5. The number of nitrogen functional groups attached to an aromatic ring is 1. The molecule has 0 atom stereocenters. The van der Waals surface area contributed by atoms with Crippen LogP contribution >= 0.6 is 0 Å². The maximum absolute atomic E-state index is 13.5. The fraction of sp³-hybridized carbons (Fsp3) is 0.154. The molecule has 2 aromatic rings. The molecule has 1 amide bonds. The Kier molecular flexibility index (Phi) is 3.60. The van der Waals surface area contributed by atoms with E-state index in [-0.39, 0.29) is 16.9 Å². The van der Waals surface area contributed by atoms with E-state index in [0.29, 0.717) is 17.5 Å². The number of rotatable bonds is 2. The van der Waals surface area contributed by atoms with E-state index in [0.717, 1.165) is 6.07 Å². The number of carbonyl (C=O) groups excluding carboxylic acids is 1. The summed E-state index contributed by atoms with van der Waals surface area (Å²) in [4.78, 5) is 12.1. The van der Waals surface area contributed by atoms with E-state index in [9.17, 15) is 13.6 Å². The van der Waals surface area contributed by atoms with Gasteiger partial charge in [-0.2, -0.15) is 10.2 Å². The quantitative estimate of drug-likeness (QED) is 0.825. The lowest BCUT2D eigenvalue weighted by atomic mass is 10.1. The van der Waals surface area contributed by atoms with Crippen molar-refractivity contribution >= 4 is 17.3 Å². The van der Waals surface area contributed by atoms with Gasteiger partial charge in [0.15, 0.2) is 0 Å². The molecule has 0 spiro atoms. The largest absolute Gasteiger partial charge is 0.396 e. The number of nitrogens with one attached hydrogen (secondary N) is 1. The number of aromatic nitrogens is 2. The van der Waals surface area contributed by atoms with Crippen LogP contribution in [-0.2, 0) is 0 Å². The third kappa shape index (κ3) is 2.71. The molecule has 7 heteroatoms. The molecule has 0 unspecified atom stereocenters. The Hall–Kier alpha value is -2.57. The zero-order valence-corrected chi connectivity index (χ0v) is 10.9. The van der Waals surface area contributed by atoms with E-state index in [2.05, 4.69) is 15.5 Å². The molecule has 5 nitrogen and oxygen atoms in total. The first kappa shape index (κ1) is 13.9. The minimum absolute atomic E-state index is 0.192. The van der Waals surface area contributed by atoms with Gasteiger partial charge in [-0.05, 0) is 26.0 Å². The van der Waals surface area contributed by atoms with Crippen molar-refractivity contribution < 1.29 is 13.6 Å². The van der Waals surface area contributed by atoms with Crippen molar-refractivity contribution in [3.05, 3.63) is 46.8 Å². The standard InChI is InChI=1S/C13H12F2N4O/c1-6-3-8(7(2)19-18-6)13(20)17-12-5-11(16)9(14)4-10(12)15/h3-5H,16H2,1-2H3,(H,17,20). The fourth-order valence-corrected chi connectivity index (χ4v) is 1.63. The summed E-state index contributed by atoms with van der Waals surface area (Å²) in [7, 11) is 0. The second-order valence-corrected chi connectivity index (χ2v) is 4.29. The second-order valence-electron chi connectivity index (χ2n) is 4.29. The van der Waals surface area contributed by atoms with Crippen molar-refractivity contribution in [3.63, 3.8) is 0 Å². The third-order valence-electron chi connectivity index (χ3n) is 2.68. The zero-order valence-electron chi connectivity index (χ0n) is 10.9. The molecule has 104 valence electrons. The summed E-state index contributed by atoms with van der Waals surface area (Å²) in [6.07, 6.45) is 0. The van der Waals surface area contributed by atoms with Crippen molar-refractivity contribution in [2.45, 2.75) is 13.8 Å². The number of anilines is 2. The van der Waals surface area contributed by atoms with Crippen LogP contribution < -0.4 is 11.1 Å². The summed E-state index contributed by atoms with van der Waals surface area (Å²) >= 11 is 0. The predicted molar refractivity (Wildman–Crippen MR) is 70.2 cm³/mol. The summed E-state index contributed by atoms with van der Waals surface area (Å²) in [5, 5.41) is 9.94. The molecule has 20 heavy (non-hydrogen) atoms. The predicted octanol–water partition coefficient (Wildman–Crippen LogP) is 2.21. The van der Waals surface area contributed by atoms with Crippen LogP contribution in [0.5, 0.6) is 0 Å². The molecular formula is C13H12F2N4O. The monoisotopic (exact) mass is 278 g/mol. The van der Waals surface area contributed by atoms with E-state index in [4.69, 9.17) is 5.73 Å². The first-order chi connectivity index (χ1) is 9.38. The lowest BCUT2D eigenvalue weighted by Crippen LogP contribution is -2.16. The Balaban J connectivity index is 2.32. The van der Waals surface area contributed by atoms with Crippen molar-refractivity contribution in [1.29, 1.82) is 0 Å².